The second-order valence-corrected chi connectivity index (χ2v) is 8.51. The lowest BCUT2D eigenvalue weighted by Crippen LogP contribution is -2.15. The highest BCUT2D eigenvalue weighted by molar-refractivity contribution is 7.99. The molecule has 3 aromatic carbocycles. The largest absolute Gasteiger partial charge is 0.378 e. The zero-order valence-electron chi connectivity index (χ0n) is 18.4. The van der Waals surface area contributed by atoms with E-state index in [1.807, 2.05) is 66.9 Å². The summed E-state index contributed by atoms with van der Waals surface area (Å²) in [7, 11) is 0. The molecule has 0 bridgehead atoms. The van der Waals surface area contributed by atoms with Crippen LogP contribution in [-0.4, -0.2) is 26.4 Å². The predicted octanol–water partition coefficient (Wildman–Crippen LogP) is 5.37. The topological polar surface area (TPSA) is 71.8 Å². The summed E-state index contributed by atoms with van der Waals surface area (Å²) in [6.45, 7) is 4.45. The van der Waals surface area contributed by atoms with E-state index in [-0.39, 0.29) is 17.5 Å². The van der Waals surface area contributed by atoms with E-state index in [0.717, 1.165) is 22.6 Å². The van der Waals surface area contributed by atoms with Crippen LogP contribution in [0.2, 0.25) is 0 Å². The van der Waals surface area contributed by atoms with Gasteiger partial charge in [-0.15, -0.1) is 10.2 Å². The van der Waals surface area contributed by atoms with Crippen molar-refractivity contribution in [3.05, 3.63) is 95.6 Å². The number of benzene rings is 3. The van der Waals surface area contributed by atoms with Gasteiger partial charge in [-0.25, -0.2) is 4.39 Å². The van der Waals surface area contributed by atoms with E-state index in [2.05, 4.69) is 20.8 Å². The molecule has 1 amide bonds. The lowest BCUT2D eigenvalue weighted by atomic mass is 10.1. The molecule has 168 valence electrons. The van der Waals surface area contributed by atoms with Gasteiger partial charge in [-0.1, -0.05) is 36.0 Å². The van der Waals surface area contributed by atoms with Crippen LogP contribution in [0.5, 0.6) is 0 Å². The number of anilines is 2. The molecule has 0 unspecified atom stereocenters. The Kier molecular flexibility index (Phi) is 7.04. The molecule has 0 aliphatic heterocycles. The van der Waals surface area contributed by atoms with Gasteiger partial charge in [0.05, 0.1) is 12.3 Å². The molecule has 33 heavy (non-hydrogen) atoms. The number of carbonyl (C=O) groups is 1. The van der Waals surface area contributed by atoms with Crippen LogP contribution in [0.15, 0.2) is 78.0 Å². The van der Waals surface area contributed by atoms with Gasteiger partial charge in [-0.2, -0.15) is 0 Å². The minimum atomic E-state index is -0.286. The van der Waals surface area contributed by atoms with Crippen LogP contribution in [0.25, 0.3) is 5.69 Å². The molecule has 0 atom stereocenters. The molecule has 6 nitrogen and oxygen atoms in total. The third-order valence-electron chi connectivity index (χ3n) is 5.13. The quantitative estimate of drug-likeness (QED) is 0.345. The molecular formula is C25H24FN5OS. The van der Waals surface area contributed by atoms with Crippen LogP contribution in [0.4, 0.5) is 15.8 Å². The molecule has 0 aliphatic carbocycles. The average Bonchev–Trinajstić information content (AvgIpc) is 3.23. The smallest absolute Gasteiger partial charge is 0.234 e. The van der Waals surface area contributed by atoms with E-state index < -0.39 is 0 Å². The van der Waals surface area contributed by atoms with Crippen LogP contribution in [0.1, 0.15) is 17.0 Å². The Hall–Kier alpha value is -3.65. The molecule has 4 aromatic rings. The van der Waals surface area contributed by atoms with Gasteiger partial charge in [0.25, 0.3) is 0 Å². The van der Waals surface area contributed by atoms with Crippen molar-refractivity contribution in [3.63, 3.8) is 0 Å². The minimum absolute atomic E-state index is 0.114. The van der Waals surface area contributed by atoms with Gasteiger partial charge in [0.1, 0.15) is 5.82 Å². The maximum atomic E-state index is 13.2. The van der Waals surface area contributed by atoms with E-state index in [1.165, 1.54) is 29.5 Å². The van der Waals surface area contributed by atoms with E-state index in [9.17, 15) is 9.18 Å². The van der Waals surface area contributed by atoms with E-state index in [1.54, 1.807) is 12.1 Å². The monoisotopic (exact) mass is 461 g/mol. The predicted molar refractivity (Wildman–Crippen MR) is 130 cm³/mol. The SMILES string of the molecule is Cc1ccc(NC(=O)CSc2nnc(CNc3ccc(F)cc3)n2-c2ccccc2)cc1C. The van der Waals surface area contributed by atoms with Crippen molar-refractivity contribution in [2.24, 2.45) is 0 Å². The van der Waals surface area contributed by atoms with Gasteiger partial charge >= 0.3 is 0 Å². The molecule has 1 heterocycles. The summed E-state index contributed by atoms with van der Waals surface area (Å²) in [4.78, 5) is 12.5. The number of halogens is 1. The minimum Gasteiger partial charge on any atom is -0.378 e. The summed E-state index contributed by atoms with van der Waals surface area (Å²) >= 11 is 1.32. The number of aromatic nitrogens is 3. The number of hydrogen-bond acceptors (Lipinski definition) is 5. The fourth-order valence-electron chi connectivity index (χ4n) is 3.24. The lowest BCUT2D eigenvalue weighted by molar-refractivity contribution is -0.113. The first kappa shape index (κ1) is 22.5. The lowest BCUT2D eigenvalue weighted by Gasteiger charge is -2.12. The second kappa shape index (κ2) is 10.3. The molecule has 0 spiro atoms. The fraction of sp³-hybridized carbons (Fsp3) is 0.160. The number of amides is 1. The molecular weight excluding hydrogens is 437 g/mol. The van der Waals surface area contributed by atoms with Crippen LogP contribution < -0.4 is 10.6 Å². The third kappa shape index (κ3) is 5.78. The van der Waals surface area contributed by atoms with Crippen LogP contribution in [0, 0.1) is 19.7 Å². The van der Waals surface area contributed by atoms with E-state index in [0.29, 0.717) is 17.5 Å². The van der Waals surface area contributed by atoms with Gasteiger partial charge in [-0.3, -0.25) is 9.36 Å². The highest BCUT2D eigenvalue weighted by Crippen LogP contribution is 2.23. The molecule has 0 aliphatic rings. The van der Waals surface area contributed by atoms with Gasteiger partial charge in [0, 0.05) is 17.1 Å². The summed E-state index contributed by atoms with van der Waals surface area (Å²) < 4.78 is 15.1. The number of nitrogens with one attached hydrogen (secondary N) is 2. The molecule has 8 heteroatoms. The third-order valence-corrected chi connectivity index (χ3v) is 6.06. The highest BCUT2D eigenvalue weighted by atomic mass is 32.2. The van der Waals surface area contributed by atoms with Crippen molar-refractivity contribution >= 4 is 29.0 Å². The maximum absolute atomic E-state index is 13.2. The van der Waals surface area contributed by atoms with E-state index >= 15 is 0 Å². The molecule has 1 aromatic heterocycles. The van der Waals surface area contributed by atoms with Crippen LogP contribution in [0.3, 0.4) is 0 Å². The number of thioether (sulfide) groups is 1. The van der Waals surface area contributed by atoms with Crippen molar-refractivity contribution in [1.82, 2.24) is 14.8 Å². The summed E-state index contributed by atoms with van der Waals surface area (Å²) in [6.07, 6.45) is 0. The normalized spacial score (nSPS) is 10.8. The van der Waals surface area contributed by atoms with Gasteiger partial charge in [0.15, 0.2) is 11.0 Å². The van der Waals surface area contributed by atoms with Gasteiger partial charge in [0.2, 0.25) is 5.91 Å². The number of aryl methyl sites for hydroxylation is 2. The van der Waals surface area contributed by atoms with E-state index in [4.69, 9.17) is 0 Å². The van der Waals surface area contributed by atoms with Crippen molar-refractivity contribution in [3.8, 4) is 5.69 Å². The standard InChI is InChI=1S/C25H24FN5OS/c1-17-8-11-21(14-18(17)2)28-24(32)16-33-25-30-29-23(31(25)22-6-4-3-5-7-22)15-27-20-12-9-19(26)10-13-20/h3-14,27H,15-16H2,1-2H3,(H,28,32). The molecule has 0 saturated heterocycles. The Labute approximate surface area is 196 Å². The van der Waals surface area contributed by atoms with Crippen molar-refractivity contribution in [2.75, 3.05) is 16.4 Å². The number of nitrogens with zero attached hydrogens (tertiary/aromatic N) is 3. The number of carbonyl (C=O) groups excluding carboxylic acids is 1. The number of hydrogen-bond donors (Lipinski definition) is 2. The van der Waals surface area contributed by atoms with Crippen molar-refractivity contribution < 1.29 is 9.18 Å². The highest BCUT2D eigenvalue weighted by Gasteiger charge is 2.16. The first-order valence-corrected chi connectivity index (χ1v) is 11.5. The summed E-state index contributed by atoms with van der Waals surface area (Å²) in [5.74, 6) is 0.480. The zero-order chi connectivity index (χ0) is 23.2. The fourth-order valence-corrected chi connectivity index (χ4v) is 4.01. The van der Waals surface area contributed by atoms with Crippen LogP contribution >= 0.6 is 11.8 Å². The average molecular weight is 462 g/mol. The van der Waals surface area contributed by atoms with Crippen LogP contribution in [-0.2, 0) is 11.3 Å². The first-order valence-electron chi connectivity index (χ1n) is 10.5. The van der Waals surface area contributed by atoms with Gasteiger partial charge < -0.3 is 10.6 Å². The number of rotatable bonds is 8. The van der Waals surface area contributed by atoms with Gasteiger partial charge in [-0.05, 0) is 73.5 Å². The van der Waals surface area contributed by atoms with Crippen molar-refractivity contribution in [2.45, 2.75) is 25.5 Å². The molecule has 0 saturated carbocycles. The Morgan fingerprint density at radius 3 is 2.39 bits per heavy atom. The summed E-state index contributed by atoms with van der Waals surface area (Å²) in [5, 5.41) is 15.4. The molecule has 0 radical (unpaired) electrons. The Balaban J connectivity index is 1.48. The summed E-state index contributed by atoms with van der Waals surface area (Å²) in [6, 6.07) is 21.7. The molecule has 2 N–H and O–H groups in total. The number of para-hydroxylation sites is 1. The Morgan fingerprint density at radius 2 is 1.67 bits per heavy atom. The molecule has 0 fully saturated rings. The first-order chi connectivity index (χ1) is 16.0. The Morgan fingerprint density at radius 1 is 0.939 bits per heavy atom. The maximum Gasteiger partial charge on any atom is 0.234 e. The van der Waals surface area contributed by atoms with Crippen molar-refractivity contribution in [1.29, 1.82) is 0 Å². The summed E-state index contributed by atoms with van der Waals surface area (Å²) in [5.41, 5.74) is 4.76. The molecule has 4 rings (SSSR count). The second-order valence-electron chi connectivity index (χ2n) is 7.57. The Bertz CT molecular complexity index is 1240. The zero-order valence-corrected chi connectivity index (χ0v) is 19.2.